The van der Waals surface area contributed by atoms with Crippen LogP contribution < -0.4 is 10.3 Å². The summed E-state index contributed by atoms with van der Waals surface area (Å²) in [5.74, 6) is 0.599. The zero-order valence-electron chi connectivity index (χ0n) is 18.2. The number of hydrogen-bond acceptors (Lipinski definition) is 4. The Morgan fingerprint density at radius 2 is 1.68 bits per heavy atom. The zero-order chi connectivity index (χ0) is 22.4. The monoisotopic (exact) mass is 420 g/mol. The minimum absolute atomic E-state index is 0.0173. The molecule has 0 radical (unpaired) electrons. The van der Waals surface area contributed by atoms with Crippen LogP contribution in [-0.4, -0.2) is 20.6 Å². The molecule has 1 N–H and O–H groups in total. The highest BCUT2D eigenvalue weighted by Gasteiger charge is 2.12. The van der Waals surface area contributed by atoms with Gasteiger partial charge in [0.15, 0.2) is 0 Å². The standard InChI is InChI=1S/C25H28N2O4/c1-4-5-6-23-26-18(3)17(2)24(28)27(23)15-19-9-13-22(14-10-19)31-16-20-7-11-21(12-8-20)25(29)30/h7-14H,4-6,15-16H2,1-3H3,(H,29,30). The number of hydrogen-bond donors (Lipinski definition) is 1. The predicted octanol–water partition coefficient (Wildman–Crippen LogP) is 4.53. The molecule has 3 rings (SSSR count). The first-order chi connectivity index (χ1) is 14.9. The topological polar surface area (TPSA) is 81.4 Å². The second kappa shape index (κ2) is 10.1. The predicted molar refractivity (Wildman–Crippen MR) is 120 cm³/mol. The van der Waals surface area contributed by atoms with Crippen LogP contribution in [0, 0.1) is 13.8 Å². The maximum absolute atomic E-state index is 12.8. The molecule has 31 heavy (non-hydrogen) atoms. The van der Waals surface area contributed by atoms with Crippen LogP contribution in [0.3, 0.4) is 0 Å². The van der Waals surface area contributed by atoms with E-state index in [1.807, 2.05) is 38.1 Å². The smallest absolute Gasteiger partial charge is 0.335 e. The molecule has 0 aliphatic rings. The number of carboxylic acids is 1. The number of rotatable bonds is 9. The van der Waals surface area contributed by atoms with Crippen molar-refractivity contribution in [2.24, 2.45) is 0 Å². The molecule has 0 spiro atoms. The lowest BCUT2D eigenvalue weighted by atomic mass is 10.1. The summed E-state index contributed by atoms with van der Waals surface area (Å²) in [4.78, 5) is 28.4. The highest BCUT2D eigenvalue weighted by atomic mass is 16.5. The molecular weight excluding hydrogens is 392 g/mol. The third-order valence-electron chi connectivity index (χ3n) is 5.34. The number of carboxylic acid groups (broad SMARTS) is 1. The molecule has 0 atom stereocenters. The van der Waals surface area contributed by atoms with Crippen LogP contribution in [0.25, 0.3) is 0 Å². The molecule has 0 unspecified atom stereocenters. The molecule has 0 aliphatic carbocycles. The van der Waals surface area contributed by atoms with Gasteiger partial charge in [-0.2, -0.15) is 0 Å². The molecule has 162 valence electrons. The SMILES string of the molecule is CCCCc1nc(C)c(C)c(=O)n1Cc1ccc(OCc2ccc(C(=O)O)cc2)cc1. The second-order valence-electron chi connectivity index (χ2n) is 7.67. The fourth-order valence-corrected chi connectivity index (χ4v) is 3.28. The Kier molecular flexibility index (Phi) is 7.23. The van der Waals surface area contributed by atoms with Gasteiger partial charge in [0.2, 0.25) is 0 Å². The molecule has 0 bridgehead atoms. The lowest BCUT2D eigenvalue weighted by Gasteiger charge is -2.15. The van der Waals surface area contributed by atoms with Gasteiger partial charge in [-0.05, 0) is 55.7 Å². The van der Waals surface area contributed by atoms with Crippen molar-refractivity contribution in [2.45, 2.75) is 53.2 Å². The highest BCUT2D eigenvalue weighted by molar-refractivity contribution is 5.87. The van der Waals surface area contributed by atoms with Crippen LogP contribution in [0.2, 0.25) is 0 Å². The van der Waals surface area contributed by atoms with Crippen LogP contribution in [0.5, 0.6) is 5.75 Å². The van der Waals surface area contributed by atoms with E-state index in [0.717, 1.165) is 41.9 Å². The lowest BCUT2D eigenvalue weighted by Crippen LogP contribution is -2.28. The number of ether oxygens (including phenoxy) is 1. The largest absolute Gasteiger partial charge is 0.489 e. The van der Waals surface area contributed by atoms with Crippen molar-refractivity contribution in [1.82, 2.24) is 9.55 Å². The first kappa shape index (κ1) is 22.3. The van der Waals surface area contributed by atoms with Gasteiger partial charge in [0.25, 0.3) is 5.56 Å². The molecular formula is C25H28N2O4. The van der Waals surface area contributed by atoms with E-state index in [1.165, 1.54) is 0 Å². The van der Waals surface area contributed by atoms with E-state index in [2.05, 4.69) is 11.9 Å². The van der Waals surface area contributed by atoms with Crippen molar-refractivity contribution in [3.05, 3.63) is 92.7 Å². The molecule has 6 nitrogen and oxygen atoms in total. The molecule has 6 heteroatoms. The number of aromatic carboxylic acids is 1. The Labute approximate surface area is 182 Å². The summed E-state index contributed by atoms with van der Waals surface area (Å²) in [7, 11) is 0. The first-order valence-corrected chi connectivity index (χ1v) is 10.5. The van der Waals surface area contributed by atoms with Crippen molar-refractivity contribution in [3.63, 3.8) is 0 Å². The average Bonchev–Trinajstić information content (AvgIpc) is 2.78. The molecule has 3 aromatic rings. The van der Waals surface area contributed by atoms with E-state index in [9.17, 15) is 9.59 Å². The Morgan fingerprint density at radius 3 is 2.29 bits per heavy atom. The molecule has 1 heterocycles. The van der Waals surface area contributed by atoms with Crippen LogP contribution in [0.15, 0.2) is 53.3 Å². The van der Waals surface area contributed by atoms with Gasteiger partial charge < -0.3 is 9.84 Å². The van der Waals surface area contributed by atoms with Gasteiger partial charge in [0.05, 0.1) is 12.1 Å². The Hall–Kier alpha value is -3.41. The van der Waals surface area contributed by atoms with E-state index < -0.39 is 5.97 Å². The van der Waals surface area contributed by atoms with Crippen LogP contribution in [-0.2, 0) is 19.6 Å². The number of carbonyl (C=O) groups is 1. The number of benzene rings is 2. The van der Waals surface area contributed by atoms with Crippen molar-refractivity contribution in [3.8, 4) is 5.75 Å². The van der Waals surface area contributed by atoms with E-state index in [1.54, 1.807) is 28.8 Å². The third kappa shape index (κ3) is 5.60. The summed E-state index contributed by atoms with van der Waals surface area (Å²) in [6.45, 7) is 6.66. The van der Waals surface area contributed by atoms with Crippen molar-refractivity contribution >= 4 is 5.97 Å². The average molecular weight is 421 g/mol. The normalized spacial score (nSPS) is 10.8. The van der Waals surface area contributed by atoms with Gasteiger partial charge in [-0.3, -0.25) is 9.36 Å². The lowest BCUT2D eigenvalue weighted by molar-refractivity contribution is 0.0697. The molecule has 1 aromatic heterocycles. The van der Waals surface area contributed by atoms with Gasteiger partial charge >= 0.3 is 5.97 Å². The maximum Gasteiger partial charge on any atom is 0.335 e. The van der Waals surface area contributed by atoms with E-state index >= 15 is 0 Å². The van der Waals surface area contributed by atoms with Crippen LogP contribution in [0.4, 0.5) is 0 Å². The first-order valence-electron chi connectivity index (χ1n) is 10.5. The van der Waals surface area contributed by atoms with Crippen molar-refractivity contribution < 1.29 is 14.6 Å². The minimum atomic E-state index is -0.945. The summed E-state index contributed by atoms with van der Waals surface area (Å²) >= 11 is 0. The highest BCUT2D eigenvalue weighted by Crippen LogP contribution is 2.16. The fourth-order valence-electron chi connectivity index (χ4n) is 3.28. The summed E-state index contributed by atoms with van der Waals surface area (Å²) in [6, 6.07) is 14.3. The summed E-state index contributed by atoms with van der Waals surface area (Å²) in [5.41, 5.74) is 3.65. The summed E-state index contributed by atoms with van der Waals surface area (Å²) < 4.78 is 7.58. The molecule has 2 aromatic carbocycles. The second-order valence-corrected chi connectivity index (χ2v) is 7.67. The van der Waals surface area contributed by atoms with E-state index in [0.29, 0.717) is 24.5 Å². The van der Waals surface area contributed by atoms with Gasteiger partial charge in [0, 0.05) is 17.7 Å². The number of aromatic nitrogens is 2. The Balaban J connectivity index is 1.70. The summed E-state index contributed by atoms with van der Waals surface area (Å²) in [6.07, 6.45) is 2.83. The van der Waals surface area contributed by atoms with Gasteiger partial charge in [-0.1, -0.05) is 37.6 Å². The van der Waals surface area contributed by atoms with Crippen molar-refractivity contribution in [1.29, 1.82) is 0 Å². The van der Waals surface area contributed by atoms with Crippen LogP contribution >= 0.6 is 0 Å². The maximum atomic E-state index is 12.8. The minimum Gasteiger partial charge on any atom is -0.489 e. The van der Waals surface area contributed by atoms with Gasteiger partial charge in [0.1, 0.15) is 18.2 Å². The summed E-state index contributed by atoms with van der Waals surface area (Å²) in [5, 5.41) is 8.96. The molecule has 0 saturated carbocycles. The number of aryl methyl sites for hydroxylation is 2. The Bertz CT molecular complexity index is 1100. The van der Waals surface area contributed by atoms with Crippen LogP contribution in [0.1, 0.15) is 58.3 Å². The fraction of sp³-hybridized carbons (Fsp3) is 0.320. The van der Waals surface area contributed by atoms with Gasteiger partial charge in [-0.25, -0.2) is 9.78 Å². The zero-order valence-corrected chi connectivity index (χ0v) is 18.2. The Morgan fingerprint density at radius 1 is 1.03 bits per heavy atom. The molecule has 0 amide bonds. The molecule has 0 saturated heterocycles. The number of nitrogens with zero attached hydrogens (tertiary/aromatic N) is 2. The van der Waals surface area contributed by atoms with E-state index in [4.69, 9.17) is 9.84 Å². The van der Waals surface area contributed by atoms with Crippen molar-refractivity contribution in [2.75, 3.05) is 0 Å². The third-order valence-corrected chi connectivity index (χ3v) is 5.34. The molecule has 0 aliphatic heterocycles. The van der Waals surface area contributed by atoms with Gasteiger partial charge in [-0.15, -0.1) is 0 Å². The quantitative estimate of drug-likeness (QED) is 0.550. The number of unbranched alkanes of at least 4 members (excludes halogenated alkanes) is 1. The molecule has 0 fully saturated rings. The van der Waals surface area contributed by atoms with E-state index in [-0.39, 0.29) is 11.1 Å².